The Balaban J connectivity index is 1.66. The van der Waals surface area contributed by atoms with Gasteiger partial charge in [-0.3, -0.25) is 4.98 Å². The fourth-order valence-electron chi connectivity index (χ4n) is 4.04. The topological polar surface area (TPSA) is 74.4 Å². The fourth-order valence-corrected chi connectivity index (χ4v) is 4.04. The highest BCUT2D eigenvalue weighted by molar-refractivity contribution is 5.48. The first kappa shape index (κ1) is 26.6. The van der Waals surface area contributed by atoms with Gasteiger partial charge in [0.15, 0.2) is 23.9 Å². The van der Waals surface area contributed by atoms with Gasteiger partial charge in [-0.25, -0.2) is 4.98 Å². The molecule has 1 atom stereocenters. The van der Waals surface area contributed by atoms with E-state index in [1.807, 2.05) is 36.2 Å². The molecule has 3 aromatic heterocycles. The maximum absolute atomic E-state index is 13.0. The van der Waals surface area contributed by atoms with Crippen LogP contribution in [0.25, 0.3) is 0 Å². The van der Waals surface area contributed by atoms with E-state index in [0.717, 1.165) is 16.7 Å². The molecule has 0 aliphatic heterocycles. The summed E-state index contributed by atoms with van der Waals surface area (Å²) in [5.41, 5.74) is 3.06. The third kappa shape index (κ3) is 7.09. The monoisotopic (exact) mass is 528 g/mol. The van der Waals surface area contributed by atoms with Crippen LogP contribution in [0.1, 0.15) is 28.2 Å². The van der Waals surface area contributed by atoms with E-state index in [0.29, 0.717) is 29.1 Å². The quantitative estimate of drug-likeness (QED) is 0.149. The van der Waals surface area contributed by atoms with Crippen molar-refractivity contribution in [3.8, 4) is 11.5 Å². The number of pyridine rings is 3. The zero-order valence-electron chi connectivity index (χ0n) is 20.3. The molecular weight excluding hydrogens is 504 g/mol. The van der Waals surface area contributed by atoms with Crippen LogP contribution in [0, 0.1) is 5.21 Å². The smallest absolute Gasteiger partial charge is 0.387 e. The van der Waals surface area contributed by atoms with Gasteiger partial charge < -0.3 is 19.6 Å². The van der Waals surface area contributed by atoms with Gasteiger partial charge in [-0.1, -0.05) is 18.2 Å². The van der Waals surface area contributed by atoms with Crippen LogP contribution in [0.4, 0.5) is 23.4 Å². The summed E-state index contributed by atoms with van der Waals surface area (Å²) >= 11 is 0. The number of hydrogen-bond donors (Lipinski definition) is 0. The van der Waals surface area contributed by atoms with Crippen LogP contribution < -0.4 is 19.1 Å². The second kappa shape index (κ2) is 12.2. The number of ether oxygens (including phenoxy) is 2. The Bertz CT molecular complexity index is 1310. The van der Waals surface area contributed by atoms with E-state index in [2.05, 4.69) is 19.4 Å². The molecule has 0 amide bonds. The highest BCUT2D eigenvalue weighted by atomic mass is 19.3. The molecule has 4 aromatic rings. The van der Waals surface area contributed by atoms with Crippen LogP contribution >= 0.6 is 0 Å². The molecular formula is C27H24F4N4O3. The molecule has 0 saturated heterocycles. The molecule has 4 rings (SSSR count). The summed E-state index contributed by atoms with van der Waals surface area (Å²) < 4.78 is 61.2. The Labute approximate surface area is 216 Å². The molecule has 0 bridgehead atoms. The van der Waals surface area contributed by atoms with Crippen molar-refractivity contribution in [3.63, 3.8) is 0 Å². The molecule has 1 aromatic carbocycles. The third-order valence-corrected chi connectivity index (χ3v) is 5.82. The largest absolute Gasteiger partial charge is 0.619 e. The maximum Gasteiger partial charge on any atom is 0.387 e. The van der Waals surface area contributed by atoms with Gasteiger partial charge in [-0.05, 0) is 52.9 Å². The first-order valence-corrected chi connectivity index (χ1v) is 11.6. The molecule has 0 aliphatic carbocycles. The number of aromatic nitrogens is 3. The van der Waals surface area contributed by atoms with Crippen molar-refractivity contribution in [1.29, 1.82) is 0 Å². The van der Waals surface area contributed by atoms with E-state index in [9.17, 15) is 22.8 Å². The molecule has 0 spiro atoms. The van der Waals surface area contributed by atoms with Gasteiger partial charge in [-0.15, -0.1) is 0 Å². The fraction of sp³-hybridized carbons (Fsp3) is 0.222. The van der Waals surface area contributed by atoms with E-state index >= 15 is 0 Å². The third-order valence-electron chi connectivity index (χ3n) is 5.82. The molecule has 0 radical (unpaired) electrons. The van der Waals surface area contributed by atoms with Crippen molar-refractivity contribution in [1.82, 2.24) is 9.97 Å². The van der Waals surface area contributed by atoms with E-state index in [1.165, 1.54) is 30.6 Å². The molecule has 0 N–H and O–H groups in total. The van der Waals surface area contributed by atoms with Crippen LogP contribution in [-0.4, -0.2) is 30.2 Å². The first-order chi connectivity index (χ1) is 18.3. The van der Waals surface area contributed by atoms with Gasteiger partial charge in [0.2, 0.25) is 0 Å². The average Bonchev–Trinajstić information content (AvgIpc) is 2.89. The predicted molar refractivity (Wildman–Crippen MR) is 131 cm³/mol. The minimum absolute atomic E-state index is 0.372. The lowest BCUT2D eigenvalue weighted by atomic mass is 9.86. The van der Waals surface area contributed by atoms with Gasteiger partial charge in [0, 0.05) is 50.2 Å². The second-order valence-electron chi connectivity index (χ2n) is 8.45. The molecule has 38 heavy (non-hydrogen) atoms. The van der Waals surface area contributed by atoms with Gasteiger partial charge in [0.1, 0.15) is 5.82 Å². The van der Waals surface area contributed by atoms with Crippen LogP contribution in [0.5, 0.6) is 11.5 Å². The summed E-state index contributed by atoms with van der Waals surface area (Å²) in [6.45, 7) is -5.86. The van der Waals surface area contributed by atoms with Crippen molar-refractivity contribution >= 4 is 5.82 Å². The number of benzene rings is 1. The normalized spacial score (nSPS) is 12.0. The minimum Gasteiger partial charge on any atom is -0.619 e. The molecule has 0 saturated carbocycles. The number of alkyl halides is 4. The average molecular weight is 529 g/mol. The highest BCUT2D eigenvalue weighted by Crippen LogP contribution is 2.37. The van der Waals surface area contributed by atoms with Crippen LogP contribution in [0.2, 0.25) is 0 Å². The number of hydrogen-bond acceptors (Lipinski definition) is 6. The maximum atomic E-state index is 13.0. The number of anilines is 1. The predicted octanol–water partition coefficient (Wildman–Crippen LogP) is 5.32. The lowest BCUT2D eigenvalue weighted by molar-refractivity contribution is -0.605. The SMILES string of the molecule is CN(Cc1cccnc1)c1ccc(C(Cc2cc[n+]([O-])cc2)c2ccc(OC(F)F)c(OC(F)F)c2)cn1. The summed E-state index contributed by atoms with van der Waals surface area (Å²) in [4.78, 5) is 10.6. The van der Waals surface area contributed by atoms with E-state index < -0.39 is 30.6 Å². The molecule has 0 fully saturated rings. The number of halogens is 4. The zero-order valence-corrected chi connectivity index (χ0v) is 20.3. The van der Waals surface area contributed by atoms with Crippen molar-refractivity contribution in [2.45, 2.75) is 32.1 Å². The summed E-state index contributed by atoms with van der Waals surface area (Å²) in [6, 6.07) is 14.7. The molecule has 0 aliphatic rings. The molecule has 7 nitrogen and oxygen atoms in total. The molecule has 198 valence electrons. The lowest BCUT2D eigenvalue weighted by Gasteiger charge is -2.22. The van der Waals surface area contributed by atoms with E-state index in [-0.39, 0.29) is 0 Å². The van der Waals surface area contributed by atoms with Gasteiger partial charge in [0.05, 0.1) is 0 Å². The van der Waals surface area contributed by atoms with E-state index in [1.54, 1.807) is 30.7 Å². The summed E-state index contributed by atoms with van der Waals surface area (Å²) in [6.07, 6.45) is 8.22. The summed E-state index contributed by atoms with van der Waals surface area (Å²) in [5, 5.41) is 11.5. The molecule has 11 heteroatoms. The number of rotatable bonds is 11. The standard InChI is InChI=1S/C27H24F4N4O3/c1-34(17-19-3-2-10-32-15-19)25-7-5-21(16-33-25)22(13-18-8-11-35(36)12-9-18)20-4-6-23(37-26(28)29)24(14-20)38-27(30)31/h2-12,14-16,22,26-27H,13,17H2,1H3. The Morgan fingerprint density at radius 2 is 1.58 bits per heavy atom. The highest BCUT2D eigenvalue weighted by Gasteiger charge is 2.21. The van der Waals surface area contributed by atoms with Crippen LogP contribution in [-0.2, 0) is 13.0 Å². The van der Waals surface area contributed by atoms with E-state index in [4.69, 9.17) is 0 Å². The lowest BCUT2D eigenvalue weighted by Crippen LogP contribution is -2.24. The van der Waals surface area contributed by atoms with Gasteiger partial charge >= 0.3 is 13.2 Å². The Morgan fingerprint density at radius 1 is 0.868 bits per heavy atom. The minimum atomic E-state index is -3.23. The zero-order chi connectivity index (χ0) is 27.1. The first-order valence-electron chi connectivity index (χ1n) is 11.6. The molecule has 1 unspecified atom stereocenters. The van der Waals surface area contributed by atoms with Crippen molar-refractivity contribution in [2.75, 3.05) is 11.9 Å². The van der Waals surface area contributed by atoms with Gasteiger partial charge in [-0.2, -0.15) is 22.3 Å². The van der Waals surface area contributed by atoms with Crippen molar-refractivity contribution < 1.29 is 31.8 Å². The van der Waals surface area contributed by atoms with Crippen LogP contribution in [0.15, 0.2) is 85.6 Å². The van der Waals surface area contributed by atoms with Crippen molar-refractivity contribution in [2.24, 2.45) is 0 Å². The molecule has 3 heterocycles. The Kier molecular flexibility index (Phi) is 8.57. The Morgan fingerprint density at radius 3 is 2.21 bits per heavy atom. The van der Waals surface area contributed by atoms with Gasteiger partial charge in [0.25, 0.3) is 0 Å². The number of nitrogens with zero attached hydrogens (tertiary/aromatic N) is 4. The summed E-state index contributed by atoms with van der Waals surface area (Å²) in [7, 11) is 1.89. The second-order valence-corrected chi connectivity index (χ2v) is 8.45. The van der Waals surface area contributed by atoms with Crippen molar-refractivity contribution in [3.05, 3.63) is 113 Å². The Hall–Kier alpha value is -4.41. The van der Waals surface area contributed by atoms with Crippen LogP contribution in [0.3, 0.4) is 0 Å². The summed E-state index contributed by atoms with van der Waals surface area (Å²) in [5.74, 6) is -0.733.